The number of fused-ring (bicyclic) bond motifs is 2. The summed E-state index contributed by atoms with van der Waals surface area (Å²) in [5.74, 6) is -2.15. The molecule has 13 heteroatoms. The van der Waals surface area contributed by atoms with E-state index in [0.29, 0.717) is 33.9 Å². The van der Waals surface area contributed by atoms with Crippen molar-refractivity contribution in [2.24, 2.45) is 0 Å². The van der Waals surface area contributed by atoms with E-state index in [1.54, 1.807) is 10.7 Å². The number of carboxylic acids is 1. The number of benzene rings is 1. The predicted molar refractivity (Wildman–Crippen MR) is 134 cm³/mol. The van der Waals surface area contributed by atoms with E-state index in [1.165, 1.54) is 6.33 Å². The van der Waals surface area contributed by atoms with Gasteiger partial charge in [0.05, 0.1) is 23.6 Å². The number of carboxylic acid groups (broad SMARTS) is 1. The Morgan fingerprint density at radius 1 is 1.08 bits per heavy atom. The lowest BCUT2D eigenvalue weighted by molar-refractivity contribution is -0.192. The van der Waals surface area contributed by atoms with Crippen LogP contribution in [0.3, 0.4) is 0 Å². The van der Waals surface area contributed by atoms with Gasteiger partial charge in [-0.3, -0.25) is 9.20 Å². The Hall–Kier alpha value is -4.81. The first-order valence-electron chi connectivity index (χ1n) is 11.3. The highest BCUT2D eigenvalue weighted by molar-refractivity contribution is 5.82. The van der Waals surface area contributed by atoms with Gasteiger partial charge in [0.25, 0.3) is 5.56 Å². The maximum absolute atomic E-state index is 13.7. The van der Waals surface area contributed by atoms with Crippen molar-refractivity contribution in [3.63, 3.8) is 0 Å². The number of anilines is 1. The third-order valence-electron chi connectivity index (χ3n) is 5.72. The van der Waals surface area contributed by atoms with Crippen LogP contribution < -0.4 is 10.9 Å². The Balaban J connectivity index is 0.000000426. The molecule has 0 saturated heterocycles. The van der Waals surface area contributed by atoms with Crippen molar-refractivity contribution in [1.82, 2.24) is 29.3 Å². The van der Waals surface area contributed by atoms with E-state index in [9.17, 15) is 18.0 Å². The van der Waals surface area contributed by atoms with E-state index < -0.39 is 12.1 Å². The predicted octanol–water partition coefficient (Wildman–Crippen LogP) is 4.45. The quantitative estimate of drug-likeness (QED) is 0.313. The minimum absolute atomic E-state index is 0.0876. The van der Waals surface area contributed by atoms with Crippen LogP contribution in [-0.4, -0.2) is 46.6 Å². The zero-order valence-corrected chi connectivity index (χ0v) is 20.4. The Morgan fingerprint density at radius 2 is 1.79 bits per heavy atom. The molecule has 0 radical (unpaired) electrons. The Kier molecular flexibility index (Phi) is 7.10. The number of aromatic nitrogens is 6. The number of nitrogens with zero attached hydrogens (tertiary/aromatic N) is 5. The molecule has 1 atom stereocenters. The van der Waals surface area contributed by atoms with Crippen molar-refractivity contribution in [2.45, 2.75) is 33.0 Å². The summed E-state index contributed by atoms with van der Waals surface area (Å²) >= 11 is 0. The summed E-state index contributed by atoms with van der Waals surface area (Å²) in [6, 6.07) is 13.2. The minimum atomic E-state index is -5.08. The van der Waals surface area contributed by atoms with Gasteiger partial charge in [-0.15, -0.1) is 0 Å². The van der Waals surface area contributed by atoms with Crippen LogP contribution >= 0.6 is 0 Å². The van der Waals surface area contributed by atoms with E-state index in [-0.39, 0.29) is 11.6 Å². The Bertz CT molecular complexity index is 1700. The smallest absolute Gasteiger partial charge is 0.475 e. The SMILES string of the molecule is Cc1ccccc1-c1c(C(C)Nc2ncnc3nc[nH]c23)nc2cccc(C)n2c1=O.O=C(O)C(F)(F)F. The molecule has 4 aromatic heterocycles. The van der Waals surface area contributed by atoms with E-state index in [2.05, 4.69) is 25.3 Å². The van der Waals surface area contributed by atoms with Gasteiger partial charge in [0, 0.05) is 5.69 Å². The molecule has 4 heterocycles. The van der Waals surface area contributed by atoms with Gasteiger partial charge in [-0.2, -0.15) is 13.2 Å². The number of halogens is 3. The summed E-state index contributed by atoms with van der Waals surface area (Å²) in [6.07, 6.45) is -2.04. The normalized spacial score (nSPS) is 12.2. The topological polar surface area (TPSA) is 138 Å². The summed E-state index contributed by atoms with van der Waals surface area (Å²) < 4.78 is 33.4. The highest BCUT2D eigenvalue weighted by atomic mass is 19.4. The largest absolute Gasteiger partial charge is 0.490 e. The van der Waals surface area contributed by atoms with Gasteiger partial charge in [0.15, 0.2) is 11.5 Å². The van der Waals surface area contributed by atoms with Crippen molar-refractivity contribution >= 4 is 28.6 Å². The fraction of sp³-hybridized carbons (Fsp3) is 0.200. The van der Waals surface area contributed by atoms with Crippen molar-refractivity contribution in [1.29, 1.82) is 0 Å². The summed E-state index contributed by atoms with van der Waals surface area (Å²) in [4.78, 5) is 43.3. The molecule has 0 saturated carbocycles. The third-order valence-corrected chi connectivity index (χ3v) is 5.72. The van der Waals surface area contributed by atoms with Gasteiger partial charge < -0.3 is 15.4 Å². The van der Waals surface area contributed by atoms with E-state index in [1.807, 2.05) is 63.2 Å². The summed E-state index contributed by atoms with van der Waals surface area (Å²) in [6.45, 7) is 5.89. The molecule has 1 aromatic carbocycles. The number of aryl methyl sites for hydroxylation is 2. The maximum Gasteiger partial charge on any atom is 0.490 e. The second-order valence-electron chi connectivity index (χ2n) is 8.35. The lowest BCUT2D eigenvalue weighted by Gasteiger charge is -2.20. The Labute approximate surface area is 213 Å². The molecule has 5 aromatic rings. The molecule has 0 aliphatic heterocycles. The van der Waals surface area contributed by atoms with E-state index >= 15 is 0 Å². The molecule has 0 spiro atoms. The first kappa shape index (κ1) is 26.3. The first-order chi connectivity index (χ1) is 18.0. The van der Waals surface area contributed by atoms with Crippen LogP contribution in [0.4, 0.5) is 19.0 Å². The molecule has 1 unspecified atom stereocenters. The number of alkyl halides is 3. The number of imidazole rings is 1. The summed E-state index contributed by atoms with van der Waals surface area (Å²) in [5, 5.41) is 10.5. The fourth-order valence-corrected chi connectivity index (χ4v) is 3.92. The van der Waals surface area contributed by atoms with Crippen LogP contribution in [0.25, 0.3) is 27.9 Å². The molecular formula is C25H22F3N7O3. The Morgan fingerprint density at radius 3 is 2.47 bits per heavy atom. The van der Waals surface area contributed by atoms with Crippen LogP contribution in [0, 0.1) is 13.8 Å². The van der Waals surface area contributed by atoms with Gasteiger partial charge in [-0.25, -0.2) is 24.7 Å². The van der Waals surface area contributed by atoms with Gasteiger partial charge in [0.1, 0.15) is 17.5 Å². The lowest BCUT2D eigenvalue weighted by Crippen LogP contribution is -2.24. The van der Waals surface area contributed by atoms with Crippen molar-refractivity contribution in [2.75, 3.05) is 5.32 Å². The second kappa shape index (κ2) is 10.3. The molecule has 0 fully saturated rings. The number of pyridine rings is 1. The van der Waals surface area contributed by atoms with Crippen molar-refractivity contribution < 1.29 is 23.1 Å². The molecule has 0 aliphatic rings. The monoisotopic (exact) mass is 525 g/mol. The van der Waals surface area contributed by atoms with Crippen LogP contribution in [-0.2, 0) is 4.79 Å². The molecule has 38 heavy (non-hydrogen) atoms. The minimum Gasteiger partial charge on any atom is -0.475 e. The van der Waals surface area contributed by atoms with Crippen LogP contribution in [0.5, 0.6) is 0 Å². The van der Waals surface area contributed by atoms with Crippen LogP contribution in [0.2, 0.25) is 0 Å². The standard InChI is InChI=1S/C23H21N7O.C2HF3O2/c1-13-7-4-5-9-16(13)18-19(29-17-10-6-8-14(2)30(17)23(18)31)15(3)28-22-20-21(25-11-24-20)26-12-27-22;3-2(4,5)1(6)7/h4-12,15H,1-3H3,(H2,24,25,26,27,28);(H,6,7). The fourth-order valence-electron chi connectivity index (χ4n) is 3.92. The highest BCUT2D eigenvalue weighted by Gasteiger charge is 2.38. The van der Waals surface area contributed by atoms with Gasteiger partial charge >= 0.3 is 12.1 Å². The first-order valence-corrected chi connectivity index (χ1v) is 11.3. The third kappa shape index (κ3) is 5.16. The molecule has 0 amide bonds. The number of rotatable bonds is 4. The molecule has 10 nitrogen and oxygen atoms in total. The lowest BCUT2D eigenvalue weighted by atomic mass is 9.97. The molecular weight excluding hydrogens is 503 g/mol. The van der Waals surface area contributed by atoms with E-state index in [4.69, 9.17) is 14.9 Å². The molecule has 0 bridgehead atoms. The summed E-state index contributed by atoms with van der Waals surface area (Å²) in [5.41, 5.74) is 5.78. The average Bonchev–Trinajstić information content (AvgIpc) is 3.34. The average molecular weight is 525 g/mol. The zero-order chi connectivity index (χ0) is 27.6. The van der Waals surface area contributed by atoms with Gasteiger partial charge in [-0.05, 0) is 44.0 Å². The second-order valence-corrected chi connectivity index (χ2v) is 8.35. The number of carbonyl (C=O) groups is 1. The number of nitrogens with one attached hydrogen (secondary N) is 2. The highest BCUT2D eigenvalue weighted by Crippen LogP contribution is 2.29. The summed E-state index contributed by atoms with van der Waals surface area (Å²) in [7, 11) is 0. The van der Waals surface area contributed by atoms with Gasteiger partial charge in [-0.1, -0.05) is 30.3 Å². The van der Waals surface area contributed by atoms with Gasteiger partial charge in [0.2, 0.25) is 0 Å². The van der Waals surface area contributed by atoms with Crippen LogP contribution in [0.1, 0.15) is 29.9 Å². The van der Waals surface area contributed by atoms with Crippen LogP contribution in [0.15, 0.2) is 59.9 Å². The zero-order valence-electron chi connectivity index (χ0n) is 20.4. The molecule has 0 aliphatic carbocycles. The number of H-pyrrole nitrogens is 1. The number of hydrogen-bond acceptors (Lipinski definition) is 7. The molecule has 196 valence electrons. The number of hydrogen-bond donors (Lipinski definition) is 3. The number of aromatic amines is 1. The molecule has 5 rings (SSSR count). The van der Waals surface area contributed by atoms with Crippen molar-refractivity contribution in [3.05, 3.63) is 82.4 Å². The number of aliphatic carboxylic acids is 1. The van der Waals surface area contributed by atoms with E-state index in [0.717, 1.165) is 16.8 Å². The molecule has 3 N–H and O–H groups in total. The van der Waals surface area contributed by atoms with Crippen molar-refractivity contribution in [3.8, 4) is 11.1 Å². The maximum atomic E-state index is 13.7.